The monoisotopic (exact) mass is 555 g/mol. The van der Waals surface area contributed by atoms with Gasteiger partial charge in [-0.3, -0.25) is 4.57 Å². The summed E-state index contributed by atoms with van der Waals surface area (Å²) in [6.07, 6.45) is 3.97. The molecule has 3 fully saturated rings. The van der Waals surface area contributed by atoms with Crippen LogP contribution in [0.25, 0.3) is 28.2 Å². The lowest BCUT2D eigenvalue weighted by Gasteiger charge is -2.42. The predicted molar refractivity (Wildman–Crippen MR) is 153 cm³/mol. The molecule has 10 heteroatoms. The van der Waals surface area contributed by atoms with Crippen molar-refractivity contribution in [3.05, 3.63) is 65.9 Å². The SMILES string of the molecule is COC1CCN(c2ccc(-n3c(-c4ccc(C#N)c(F)c4)nc4c(N5CC6CNCC(C6)C5)ccnc43)c(F)c2)C1. The van der Waals surface area contributed by atoms with Crippen molar-refractivity contribution in [2.24, 2.45) is 11.8 Å². The maximum atomic E-state index is 16.0. The lowest BCUT2D eigenvalue weighted by atomic mass is 9.85. The molecule has 2 aromatic heterocycles. The molecule has 3 aliphatic rings. The van der Waals surface area contributed by atoms with Crippen LogP contribution in [0.1, 0.15) is 18.4 Å². The molecular formula is C31H31F2N7O. The Labute approximate surface area is 237 Å². The second-order valence-corrected chi connectivity index (χ2v) is 11.3. The quantitative estimate of drug-likeness (QED) is 0.388. The molecule has 5 heterocycles. The van der Waals surface area contributed by atoms with E-state index >= 15 is 4.39 Å². The third-order valence-corrected chi connectivity index (χ3v) is 8.72. The van der Waals surface area contributed by atoms with Crippen molar-refractivity contribution in [3.63, 3.8) is 0 Å². The number of fused-ring (bicyclic) bond motifs is 3. The molecule has 0 saturated carbocycles. The zero-order chi connectivity index (χ0) is 28.1. The second-order valence-electron chi connectivity index (χ2n) is 11.3. The van der Waals surface area contributed by atoms with E-state index in [0.29, 0.717) is 40.9 Å². The Bertz CT molecular complexity index is 1650. The van der Waals surface area contributed by atoms with Crippen LogP contribution in [0.3, 0.4) is 0 Å². The number of aromatic nitrogens is 3. The van der Waals surface area contributed by atoms with Crippen molar-refractivity contribution in [2.45, 2.75) is 18.9 Å². The standard InChI is InChI=1S/C31H31F2N7O/c1-41-24-7-9-38(18-24)23-4-5-27(26(33)12-23)40-30(21-2-3-22(13-34)25(32)11-21)37-29-28(6-8-36-31(29)40)39-16-19-10-20(17-39)15-35-14-19/h2-6,8,11-12,19-20,24,35H,7,9-10,14-18H2,1H3. The Morgan fingerprint density at radius 2 is 1.80 bits per heavy atom. The maximum absolute atomic E-state index is 16.0. The third-order valence-electron chi connectivity index (χ3n) is 8.72. The number of piperidine rings is 2. The topological polar surface area (TPSA) is 82.2 Å². The number of pyridine rings is 1. The van der Waals surface area contributed by atoms with Gasteiger partial charge in [-0.15, -0.1) is 0 Å². The summed E-state index contributed by atoms with van der Waals surface area (Å²) in [7, 11) is 1.70. The molecule has 0 radical (unpaired) electrons. The number of hydrogen-bond donors (Lipinski definition) is 1. The first kappa shape index (κ1) is 25.9. The number of benzene rings is 2. The van der Waals surface area contributed by atoms with Gasteiger partial charge in [0.1, 0.15) is 29.0 Å². The van der Waals surface area contributed by atoms with Gasteiger partial charge < -0.3 is 19.9 Å². The molecule has 2 bridgehead atoms. The molecule has 0 amide bonds. The van der Waals surface area contributed by atoms with Crippen molar-refractivity contribution < 1.29 is 13.5 Å². The Morgan fingerprint density at radius 1 is 0.976 bits per heavy atom. The second kappa shape index (κ2) is 10.4. The van der Waals surface area contributed by atoms with Gasteiger partial charge in [0.2, 0.25) is 0 Å². The molecule has 210 valence electrons. The summed E-state index contributed by atoms with van der Waals surface area (Å²) >= 11 is 0. The number of methoxy groups -OCH3 is 1. The summed E-state index contributed by atoms with van der Waals surface area (Å²) in [4.78, 5) is 14.1. The van der Waals surface area contributed by atoms with Crippen molar-refractivity contribution in [1.29, 1.82) is 5.26 Å². The molecule has 0 aliphatic carbocycles. The van der Waals surface area contributed by atoms with Crippen molar-refractivity contribution in [1.82, 2.24) is 19.9 Å². The minimum absolute atomic E-state index is 0.0563. The predicted octanol–water partition coefficient (Wildman–Crippen LogP) is 4.51. The molecular weight excluding hydrogens is 524 g/mol. The number of nitrogens with one attached hydrogen (secondary N) is 1. The van der Waals surface area contributed by atoms with Crippen LogP contribution >= 0.6 is 0 Å². The smallest absolute Gasteiger partial charge is 0.167 e. The van der Waals surface area contributed by atoms with E-state index in [4.69, 9.17) is 9.72 Å². The average molecular weight is 556 g/mol. The molecule has 3 atom stereocenters. The van der Waals surface area contributed by atoms with E-state index in [9.17, 15) is 9.65 Å². The fourth-order valence-electron chi connectivity index (χ4n) is 6.71. The molecule has 4 aromatic rings. The summed E-state index contributed by atoms with van der Waals surface area (Å²) in [5, 5.41) is 12.8. The minimum Gasteiger partial charge on any atom is -0.380 e. The number of imidazole rings is 1. The summed E-state index contributed by atoms with van der Waals surface area (Å²) in [6.45, 7) is 5.28. The van der Waals surface area contributed by atoms with Crippen molar-refractivity contribution in [2.75, 3.05) is 56.2 Å². The number of rotatable bonds is 5. The first-order valence-electron chi connectivity index (χ1n) is 14.1. The number of hydrogen-bond acceptors (Lipinski definition) is 7. The van der Waals surface area contributed by atoms with Gasteiger partial charge in [-0.05, 0) is 80.2 Å². The van der Waals surface area contributed by atoms with Gasteiger partial charge in [0.25, 0.3) is 0 Å². The van der Waals surface area contributed by atoms with Gasteiger partial charge in [0.15, 0.2) is 5.65 Å². The Balaban J connectivity index is 1.37. The third kappa shape index (κ3) is 4.59. The van der Waals surface area contributed by atoms with Gasteiger partial charge in [-0.25, -0.2) is 18.7 Å². The van der Waals surface area contributed by atoms with Gasteiger partial charge in [0, 0.05) is 50.7 Å². The van der Waals surface area contributed by atoms with E-state index in [0.717, 1.165) is 50.5 Å². The van der Waals surface area contributed by atoms with E-state index in [1.165, 1.54) is 24.6 Å². The van der Waals surface area contributed by atoms with Crippen molar-refractivity contribution >= 4 is 22.5 Å². The van der Waals surface area contributed by atoms with Crippen LogP contribution in [0.15, 0.2) is 48.7 Å². The maximum Gasteiger partial charge on any atom is 0.167 e. The van der Waals surface area contributed by atoms with Gasteiger partial charge >= 0.3 is 0 Å². The Kier molecular flexibility index (Phi) is 6.56. The van der Waals surface area contributed by atoms with Crippen LogP contribution in [-0.2, 0) is 4.74 Å². The Hall–Kier alpha value is -4.07. The summed E-state index contributed by atoms with van der Waals surface area (Å²) in [5.74, 6) is 0.394. The highest BCUT2D eigenvalue weighted by Gasteiger charge is 2.32. The fourth-order valence-corrected chi connectivity index (χ4v) is 6.71. The summed E-state index contributed by atoms with van der Waals surface area (Å²) in [6, 6.07) is 13.4. The lowest BCUT2D eigenvalue weighted by molar-refractivity contribution is 0.121. The molecule has 3 aliphatic heterocycles. The van der Waals surface area contributed by atoms with Crippen LogP contribution in [-0.4, -0.2) is 67.0 Å². The molecule has 0 spiro atoms. The minimum atomic E-state index is -0.648. The molecule has 3 unspecified atom stereocenters. The zero-order valence-electron chi connectivity index (χ0n) is 22.9. The van der Waals surface area contributed by atoms with E-state index in [2.05, 4.69) is 20.1 Å². The van der Waals surface area contributed by atoms with Crippen LogP contribution < -0.4 is 15.1 Å². The zero-order valence-corrected chi connectivity index (χ0v) is 22.9. The lowest BCUT2D eigenvalue weighted by Crippen LogP contribution is -2.51. The largest absolute Gasteiger partial charge is 0.380 e. The van der Waals surface area contributed by atoms with Gasteiger partial charge in [-0.1, -0.05) is 0 Å². The van der Waals surface area contributed by atoms with Crippen LogP contribution in [0.2, 0.25) is 0 Å². The first-order valence-corrected chi connectivity index (χ1v) is 14.1. The van der Waals surface area contributed by atoms with Crippen molar-refractivity contribution in [3.8, 4) is 23.1 Å². The summed E-state index contributed by atoms with van der Waals surface area (Å²) < 4.78 is 38.0. The molecule has 7 rings (SSSR count). The van der Waals surface area contributed by atoms with Gasteiger partial charge in [-0.2, -0.15) is 5.26 Å². The van der Waals surface area contributed by atoms with Crippen LogP contribution in [0, 0.1) is 34.8 Å². The molecule has 2 aromatic carbocycles. The number of anilines is 2. The van der Waals surface area contributed by atoms with Crippen LogP contribution in [0.5, 0.6) is 0 Å². The molecule has 3 saturated heterocycles. The molecule has 8 nitrogen and oxygen atoms in total. The van der Waals surface area contributed by atoms with Crippen LogP contribution in [0.4, 0.5) is 20.2 Å². The highest BCUT2D eigenvalue weighted by molar-refractivity contribution is 5.91. The normalized spacial score (nSPS) is 22.3. The van der Waals surface area contributed by atoms with E-state index in [-0.39, 0.29) is 17.4 Å². The number of nitriles is 1. The highest BCUT2D eigenvalue weighted by Crippen LogP contribution is 2.37. The molecule has 1 N–H and O–H groups in total. The van der Waals surface area contributed by atoms with E-state index in [1.54, 1.807) is 30.0 Å². The average Bonchev–Trinajstić information content (AvgIpc) is 3.62. The number of nitrogens with zero attached hydrogens (tertiary/aromatic N) is 6. The number of halogens is 2. The number of ether oxygens (including phenoxy) is 1. The Morgan fingerprint density at radius 3 is 2.51 bits per heavy atom. The summed E-state index contributed by atoms with van der Waals surface area (Å²) in [5.41, 5.74) is 3.54. The highest BCUT2D eigenvalue weighted by atomic mass is 19.1. The van der Waals surface area contributed by atoms with E-state index in [1.807, 2.05) is 18.2 Å². The van der Waals surface area contributed by atoms with E-state index < -0.39 is 11.6 Å². The fraction of sp³-hybridized carbons (Fsp3) is 0.387. The molecule has 41 heavy (non-hydrogen) atoms. The van der Waals surface area contributed by atoms with Gasteiger partial charge in [0.05, 0.1) is 23.0 Å². The first-order chi connectivity index (χ1) is 20.0.